The van der Waals surface area contributed by atoms with E-state index in [4.69, 9.17) is 5.84 Å². The molecule has 1 saturated carbocycles. The average Bonchev–Trinajstić information content (AvgIpc) is 2.44. The fraction of sp³-hybridized carbons (Fsp3) is 1.00. The fourth-order valence-electron chi connectivity index (χ4n) is 3.56. The third-order valence-electron chi connectivity index (χ3n) is 4.87. The van der Waals surface area contributed by atoms with E-state index in [0.717, 1.165) is 24.9 Å². The fourth-order valence-corrected chi connectivity index (χ4v) is 3.56. The van der Waals surface area contributed by atoms with Crippen LogP contribution < -0.4 is 11.3 Å². The number of rotatable bonds is 8. The van der Waals surface area contributed by atoms with Gasteiger partial charge in [-0.3, -0.25) is 11.3 Å². The lowest BCUT2D eigenvalue weighted by molar-refractivity contribution is 0.157. The lowest BCUT2D eigenvalue weighted by atomic mass is 9.73. The first-order valence-electron chi connectivity index (χ1n) is 7.95. The minimum atomic E-state index is 0.510. The second-order valence-electron chi connectivity index (χ2n) is 5.71. The van der Waals surface area contributed by atoms with E-state index in [1.54, 1.807) is 0 Å². The van der Waals surface area contributed by atoms with Crippen LogP contribution in [0.1, 0.15) is 59.3 Å². The van der Waals surface area contributed by atoms with Crippen molar-refractivity contribution in [3.05, 3.63) is 0 Å². The largest absolute Gasteiger partial charge is 0.304 e. The Morgan fingerprint density at radius 1 is 1.17 bits per heavy atom. The zero-order chi connectivity index (χ0) is 13.4. The van der Waals surface area contributed by atoms with E-state index in [-0.39, 0.29) is 0 Å². The Hall–Kier alpha value is -0.120. The number of hydrazine groups is 1. The van der Waals surface area contributed by atoms with Gasteiger partial charge < -0.3 is 4.90 Å². The maximum Gasteiger partial charge on any atom is 0.0253 e. The highest BCUT2D eigenvalue weighted by atomic mass is 15.2. The predicted octanol–water partition coefficient (Wildman–Crippen LogP) is 2.77. The van der Waals surface area contributed by atoms with Crippen molar-refractivity contribution in [2.24, 2.45) is 17.7 Å². The molecule has 3 N–H and O–H groups in total. The molecule has 0 aromatic heterocycles. The van der Waals surface area contributed by atoms with Crippen LogP contribution in [0, 0.1) is 11.8 Å². The van der Waals surface area contributed by atoms with Gasteiger partial charge in [-0.05, 0) is 44.3 Å². The van der Waals surface area contributed by atoms with Gasteiger partial charge in [0.2, 0.25) is 0 Å². The van der Waals surface area contributed by atoms with Crippen LogP contribution in [-0.2, 0) is 0 Å². The Morgan fingerprint density at radius 2 is 1.83 bits per heavy atom. The normalized spacial score (nSPS) is 26.5. The Morgan fingerprint density at radius 3 is 2.39 bits per heavy atom. The number of hydrogen-bond acceptors (Lipinski definition) is 3. The second kappa shape index (κ2) is 8.89. The molecule has 1 aliphatic rings. The zero-order valence-electron chi connectivity index (χ0n) is 12.6. The highest BCUT2D eigenvalue weighted by molar-refractivity contribution is 4.84. The van der Waals surface area contributed by atoms with E-state index in [9.17, 15) is 0 Å². The van der Waals surface area contributed by atoms with Crippen molar-refractivity contribution in [2.75, 3.05) is 19.6 Å². The minimum Gasteiger partial charge on any atom is -0.304 e. The zero-order valence-corrected chi connectivity index (χ0v) is 12.6. The molecule has 3 nitrogen and oxygen atoms in total. The Bertz CT molecular complexity index is 204. The van der Waals surface area contributed by atoms with Gasteiger partial charge in [0.1, 0.15) is 0 Å². The molecule has 1 aliphatic carbocycles. The smallest absolute Gasteiger partial charge is 0.0253 e. The Balaban J connectivity index is 2.47. The summed E-state index contributed by atoms with van der Waals surface area (Å²) in [6.07, 6.45) is 8.09. The third kappa shape index (κ3) is 4.52. The summed E-state index contributed by atoms with van der Waals surface area (Å²) in [4.78, 5) is 2.49. The molecule has 0 aromatic rings. The molecular formula is C15H33N3. The first-order valence-corrected chi connectivity index (χ1v) is 7.95. The molecule has 0 radical (unpaired) electrons. The number of nitrogens with one attached hydrogen (secondary N) is 1. The second-order valence-corrected chi connectivity index (χ2v) is 5.71. The summed E-state index contributed by atoms with van der Waals surface area (Å²) in [6, 6.07) is 0.510. The van der Waals surface area contributed by atoms with Crippen LogP contribution >= 0.6 is 0 Å². The highest BCUT2D eigenvalue weighted by Crippen LogP contribution is 2.35. The molecule has 18 heavy (non-hydrogen) atoms. The number of hydrogen-bond donors (Lipinski definition) is 2. The number of nitrogens with zero attached hydrogens (tertiary/aromatic N) is 1. The molecule has 3 heteroatoms. The topological polar surface area (TPSA) is 41.3 Å². The van der Waals surface area contributed by atoms with Crippen LogP contribution in [0.5, 0.6) is 0 Å². The standard InChI is InChI=1S/C15H33N3/c1-4-13-9-7-8-10-14(13)15(17-16)11-12-18(5-2)6-3/h13-15,17H,4-12,16H2,1-3H3. The van der Waals surface area contributed by atoms with Gasteiger partial charge in [-0.15, -0.1) is 0 Å². The van der Waals surface area contributed by atoms with E-state index in [0.29, 0.717) is 6.04 Å². The van der Waals surface area contributed by atoms with Gasteiger partial charge in [0, 0.05) is 6.04 Å². The summed E-state index contributed by atoms with van der Waals surface area (Å²) in [5.41, 5.74) is 3.11. The molecule has 0 spiro atoms. The van der Waals surface area contributed by atoms with Crippen molar-refractivity contribution in [2.45, 2.75) is 65.3 Å². The van der Waals surface area contributed by atoms with E-state index in [1.165, 1.54) is 45.1 Å². The quantitative estimate of drug-likeness (QED) is 0.517. The van der Waals surface area contributed by atoms with Crippen LogP contribution in [0.4, 0.5) is 0 Å². The molecule has 0 saturated heterocycles. The lowest BCUT2D eigenvalue weighted by Gasteiger charge is -2.37. The lowest BCUT2D eigenvalue weighted by Crippen LogP contribution is -2.46. The van der Waals surface area contributed by atoms with Crippen LogP contribution in [0.3, 0.4) is 0 Å². The molecule has 3 unspecified atom stereocenters. The van der Waals surface area contributed by atoms with Gasteiger partial charge in [-0.2, -0.15) is 0 Å². The van der Waals surface area contributed by atoms with Crippen molar-refractivity contribution in [1.29, 1.82) is 0 Å². The first-order chi connectivity index (χ1) is 8.76. The van der Waals surface area contributed by atoms with Gasteiger partial charge in [0.05, 0.1) is 0 Å². The van der Waals surface area contributed by atoms with E-state index in [2.05, 4.69) is 31.1 Å². The van der Waals surface area contributed by atoms with Gasteiger partial charge in [-0.1, -0.05) is 46.5 Å². The molecule has 108 valence electrons. The van der Waals surface area contributed by atoms with Gasteiger partial charge in [-0.25, -0.2) is 0 Å². The first kappa shape index (κ1) is 15.9. The molecule has 1 fully saturated rings. The molecule has 0 amide bonds. The van der Waals surface area contributed by atoms with Crippen molar-refractivity contribution < 1.29 is 0 Å². The van der Waals surface area contributed by atoms with Crippen LogP contribution in [0.2, 0.25) is 0 Å². The van der Waals surface area contributed by atoms with Gasteiger partial charge in [0.25, 0.3) is 0 Å². The Kier molecular flexibility index (Phi) is 7.87. The molecule has 0 bridgehead atoms. The van der Waals surface area contributed by atoms with Crippen molar-refractivity contribution >= 4 is 0 Å². The van der Waals surface area contributed by atoms with E-state index in [1.807, 2.05) is 0 Å². The molecule has 3 atom stereocenters. The van der Waals surface area contributed by atoms with E-state index < -0.39 is 0 Å². The summed E-state index contributed by atoms with van der Waals surface area (Å²) in [5.74, 6) is 7.50. The Labute approximate surface area is 113 Å². The van der Waals surface area contributed by atoms with Crippen LogP contribution in [0.15, 0.2) is 0 Å². The molecule has 0 aromatic carbocycles. The van der Waals surface area contributed by atoms with Crippen molar-refractivity contribution in [1.82, 2.24) is 10.3 Å². The van der Waals surface area contributed by atoms with Crippen LogP contribution in [-0.4, -0.2) is 30.6 Å². The maximum absolute atomic E-state index is 5.82. The summed E-state index contributed by atoms with van der Waals surface area (Å²) in [7, 11) is 0. The van der Waals surface area contributed by atoms with Crippen molar-refractivity contribution in [3.63, 3.8) is 0 Å². The van der Waals surface area contributed by atoms with E-state index >= 15 is 0 Å². The summed E-state index contributed by atoms with van der Waals surface area (Å²) < 4.78 is 0. The highest BCUT2D eigenvalue weighted by Gasteiger charge is 2.30. The SMILES string of the molecule is CCC1CCCCC1C(CCN(CC)CC)NN. The minimum absolute atomic E-state index is 0.510. The van der Waals surface area contributed by atoms with Crippen LogP contribution in [0.25, 0.3) is 0 Å². The maximum atomic E-state index is 5.82. The predicted molar refractivity (Wildman–Crippen MR) is 79.3 cm³/mol. The number of nitrogens with two attached hydrogens (primary N) is 1. The summed E-state index contributed by atoms with van der Waals surface area (Å²) >= 11 is 0. The molecule has 1 rings (SSSR count). The van der Waals surface area contributed by atoms with Crippen molar-refractivity contribution in [3.8, 4) is 0 Å². The average molecular weight is 255 g/mol. The molecule has 0 heterocycles. The third-order valence-corrected chi connectivity index (χ3v) is 4.87. The summed E-state index contributed by atoms with van der Waals surface area (Å²) in [6.45, 7) is 10.3. The molecule has 0 aliphatic heterocycles. The van der Waals surface area contributed by atoms with Gasteiger partial charge >= 0.3 is 0 Å². The monoisotopic (exact) mass is 255 g/mol. The molecular weight excluding hydrogens is 222 g/mol. The summed E-state index contributed by atoms with van der Waals surface area (Å²) in [5, 5.41) is 0. The van der Waals surface area contributed by atoms with Gasteiger partial charge in [0.15, 0.2) is 0 Å².